The summed E-state index contributed by atoms with van der Waals surface area (Å²) in [5.41, 5.74) is 2.23. The van der Waals surface area contributed by atoms with Crippen molar-refractivity contribution < 1.29 is 24.5 Å². The average molecular weight is 341 g/mol. The molecule has 0 bridgehead atoms. The van der Waals surface area contributed by atoms with Gasteiger partial charge in [-0.25, -0.2) is 8.78 Å². The SMILES string of the molecule is Cc1ccc(F)cc1N1C(=O)CSC1c1ccc(F)cc1.O.O. The molecule has 1 heterocycles. The van der Waals surface area contributed by atoms with Gasteiger partial charge in [-0.2, -0.15) is 0 Å². The van der Waals surface area contributed by atoms with Gasteiger partial charge in [0.1, 0.15) is 17.0 Å². The second-order valence-corrected chi connectivity index (χ2v) is 5.98. The Morgan fingerprint density at radius 1 is 1.04 bits per heavy atom. The summed E-state index contributed by atoms with van der Waals surface area (Å²) in [4.78, 5) is 13.8. The van der Waals surface area contributed by atoms with Crippen LogP contribution in [-0.2, 0) is 4.79 Å². The molecule has 23 heavy (non-hydrogen) atoms. The highest BCUT2D eigenvalue weighted by Crippen LogP contribution is 2.42. The molecule has 0 aromatic heterocycles. The Labute approximate surface area is 136 Å². The third-order valence-electron chi connectivity index (χ3n) is 3.45. The van der Waals surface area contributed by atoms with Gasteiger partial charge in [0.15, 0.2) is 0 Å². The Kier molecular flexibility index (Phi) is 6.26. The lowest BCUT2D eigenvalue weighted by Crippen LogP contribution is -2.28. The van der Waals surface area contributed by atoms with Crippen LogP contribution in [0, 0.1) is 18.6 Å². The number of nitrogens with zero attached hydrogens (tertiary/aromatic N) is 1. The van der Waals surface area contributed by atoms with Crippen LogP contribution in [0.1, 0.15) is 16.5 Å². The molecule has 0 aliphatic carbocycles. The number of carbonyl (C=O) groups is 1. The summed E-state index contributed by atoms with van der Waals surface area (Å²) in [5.74, 6) is -0.430. The van der Waals surface area contributed by atoms with Gasteiger partial charge in [-0.15, -0.1) is 11.8 Å². The van der Waals surface area contributed by atoms with Crippen molar-refractivity contribution in [3.63, 3.8) is 0 Å². The van der Waals surface area contributed by atoms with Gasteiger partial charge in [0.2, 0.25) is 5.91 Å². The number of thioether (sulfide) groups is 1. The van der Waals surface area contributed by atoms with E-state index in [1.807, 2.05) is 6.92 Å². The second kappa shape index (κ2) is 7.54. The van der Waals surface area contributed by atoms with Gasteiger partial charge in [0.25, 0.3) is 0 Å². The summed E-state index contributed by atoms with van der Waals surface area (Å²) in [6.45, 7) is 1.84. The van der Waals surface area contributed by atoms with Crippen LogP contribution in [0.2, 0.25) is 0 Å². The maximum atomic E-state index is 13.5. The maximum Gasteiger partial charge on any atom is 0.238 e. The number of hydrogen-bond donors (Lipinski definition) is 0. The van der Waals surface area contributed by atoms with E-state index in [-0.39, 0.29) is 33.9 Å². The molecule has 0 saturated carbocycles. The van der Waals surface area contributed by atoms with Crippen LogP contribution < -0.4 is 4.90 Å². The van der Waals surface area contributed by atoms with Gasteiger partial charge < -0.3 is 11.0 Å². The lowest BCUT2D eigenvalue weighted by Gasteiger charge is -2.26. The summed E-state index contributed by atoms with van der Waals surface area (Å²) in [6.07, 6.45) is 0. The van der Waals surface area contributed by atoms with E-state index < -0.39 is 0 Å². The number of amides is 1. The largest absolute Gasteiger partial charge is 0.412 e. The van der Waals surface area contributed by atoms with Gasteiger partial charge >= 0.3 is 0 Å². The molecule has 2 aromatic rings. The number of anilines is 1. The molecule has 7 heteroatoms. The van der Waals surface area contributed by atoms with Crippen molar-refractivity contribution in [2.75, 3.05) is 10.7 Å². The van der Waals surface area contributed by atoms with E-state index in [2.05, 4.69) is 0 Å². The first kappa shape index (κ1) is 19.1. The summed E-state index contributed by atoms with van der Waals surface area (Å²) in [5, 5.41) is -0.251. The molecule has 124 valence electrons. The lowest BCUT2D eigenvalue weighted by molar-refractivity contribution is -0.115. The molecule has 0 spiro atoms. The molecule has 1 fully saturated rings. The number of benzene rings is 2. The molecule has 2 aromatic carbocycles. The highest BCUT2D eigenvalue weighted by molar-refractivity contribution is 8.00. The fourth-order valence-electron chi connectivity index (χ4n) is 2.40. The summed E-state index contributed by atoms with van der Waals surface area (Å²) in [7, 11) is 0. The van der Waals surface area contributed by atoms with E-state index in [1.165, 1.54) is 36.0 Å². The van der Waals surface area contributed by atoms with Gasteiger partial charge in [0, 0.05) is 0 Å². The molecule has 0 radical (unpaired) electrons. The second-order valence-electron chi connectivity index (χ2n) is 4.91. The van der Waals surface area contributed by atoms with Crippen molar-refractivity contribution in [1.82, 2.24) is 0 Å². The molecule has 1 saturated heterocycles. The Bertz CT molecular complexity index is 694. The molecule has 4 N–H and O–H groups in total. The van der Waals surface area contributed by atoms with Crippen molar-refractivity contribution in [3.05, 3.63) is 65.2 Å². The van der Waals surface area contributed by atoms with Gasteiger partial charge in [-0.05, 0) is 42.3 Å². The molecule has 1 aliphatic rings. The van der Waals surface area contributed by atoms with E-state index in [0.717, 1.165) is 11.1 Å². The third-order valence-corrected chi connectivity index (χ3v) is 4.67. The predicted octanol–water partition coefficient (Wildman–Crippen LogP) is 2.40. The first-order chi connectivity index (χ1) is 10.1. The molecule has 4 nitrogen and oxygen atoms in total. The standard InChI is InChI=1S/C16H13F2NOS.2H2O/c1-10-2-5-13(18)8-14(10)19-15(20)9-21-16(19)11-3-6-12(17)7-4-11;;/h2-8,16H,9H2,1H3;2*1H2. The molecule has 3 rings (SSSR count). The van der Waals surface area contributed by atoms with Crippen LogP contribution in [0.5, 0.6) is 0 Å². The van der Waals surface area contributed by atoms with Crippen LogP contribution >= 0.6 is 11.8 Å². The molecular weight excluding hydrogens is 324 g/mol. The number of aryl methyl sites for hydroxylation is 1. The van der Waals surface area contributed by atoms with Crippen LogP contribution in [0.3, 0.4) is 0 Å². The minimum atomic E-state index is -0.377. The molecular formula is C16H17F2NO3S. The highest BCUT2D eigenvalue weighted by atomic mass is 32.2. The summed E-state index contributed by atoms with van der Waals surface area (Å²) < 4.78 is 26.6. The van der Waals surface area contributed by atoms with Crippen molar-refractivity contribution in [3.8, 4) is 0 Å². The van der Waals surface area contributed by atoms with Crippen LogP contribution in [0.4, 0.5) is 14.5 Å². The van der Waals surface area contributed by atoms with Gasteiger partial charge in [-0.3, -0.25) is 9.69 Å². The van der Waals surface area contributed by atoms with E-state index in [4.69, 9.17) is 0 Å². The molecule has 1 aliphatic heterocycles. The third kappa shape index (κ3) is 3.69. The first-order valence-corrected chi connectivity index (χ1v) is 7.56. The normalized spacial score (nSPS) is 16.7. The molecule has 1 unspecified atom stereocenters. The van der Waals surface area contributed by atoms with E-state index in [0.29, 0.717) is 11.4 Å². The average Bonchev–Trinajstić information content (AvgIpc) is 2.84. The fraction of sp³-hybridized carbons (Fsp3) is 0.188. The zero-order valence-electron chi connectivity index (χ0n) is 12.3. The summed E-state index contributed by atoms with van der Waals surface area (Å²) >= 11 is 1.46. The predicted molar refractivity (Wildman–Crippen MR) is 87.4 cm³/mol. The zero-order valence-corrected chi connectivity index (χ0v) is 13.2. The van der Waals surface area contributed by atoms with Gasteiger partial charge in [0.05, 0.1) is 11.4 Å². The topological polar surface area (TPSA) is 83.3 Å². The summed E-state index contributed by atoms with van der Waals surface area (Å²) in [6, 6.07) is 10.5. The fourth-order valence-corrected chi connectivity index (χ4v) is 3.57. The van der Waals surface area contributed by atoms with Crippen molar-refractivity contribution in [2.45, 2.75) is 12.3 Å². The minimum Gasteiger partial charge on any atom is -0.412 e. The Morgan fingerprint density at radius 2 is 1.65 bits per heavy atom. The van der Waals surface area contributed by atoms with Crippen LogP contribution in [0.25, 0.3) is 0 Å². The van der Waals surface area contributed by atoms with Crippen molar-refractivity contribution in [1.29, 1.82) is 0 Å². The number of carbonyl (C=O) groups excluding carboxylic acids is 1. The van der Waals surface area contributed by atoms with Crippen LogP contribution in [0.15, 0.2) is 42.5 Å². The number of halogens is 2. The first-order valence-electron chi connectivity index (χ1n) is 6.51. The van der Waals surface area contributed by atoms with Crippen molar-refractivity contribution in [2.24, 2.45) is 0 Å². The quantitative estimate of drug-likeness (QED) is 0.840. The number of hydrogen-bond acceptors (Lipinski definition) is 2. The highest BCUT2D eigenvalue weighted by Gasteiger charge is 2.34. The number of rotatable bonds is 2. The Morgan fingerprint density at radius 3 is 2.30 bits per heavy atom. The monoisotopic (exact) mass is 341 g/mol. The lowest BCUT2D eigenvalue weighted by atomic mass is 10.1. The van der Waals surface area contributed by atoms with E-state index >= 15 is 0 Å². The molecule has 1 atom stereocenters. The van der Waals surface area contributed by atoms with E-state index in [1.54, 1.807) is 23.1 Å². The van der Waals surface area contributed by atoms with E-state index in [9.17, 15) is 13.6 Å². The maximum absolute atomic E-state index is 13.5. The molecule has 1 amide bonds. The smallest absolute Gasteiger partial charge is 0.238 e. The minimum absolute atomic E-state index is 0. The Hall–Kier alpha value is -1.96. The van der Waals surface area contributed by atoms with Crippen molar-refractivity contribution >= 4 is 23.4 Å². The van der Waals surface area contributed by atoms with Gasteiger partial charge in [-0.1, -0.05) is 18.2 Å². The van der Waals surface area contributed by atoms with Crippen LogP contribution in [-0.4, -0.2) is 22.6 Å². The Balaban J connectivity index is 0.00000132. The zero-order chi connectivity index (χ0) is 15.0.